The third-order valence-electron chi connectivity index (χ3n) is 4.55. The van der Waals surface area contributed by atoms with Gasteiger partial charge >= 0.3 is 0 Å². The molecule has 0 unspecified atom stereocenters. The van der Waals surface area contributed by atoms with E-state index in [2.05, 4.69) is 33.0 Å². The first-order chi connectivity index (χ1) is 10.4. The van der Waals surface area contributed by atoms with Crippen LogP contribution in [0.3, 0.4) is 0 Å². The Balaban J connectivity index is 2.39. The Morgan fingerprint density at radius 1 is 1.18 bits per heavy atom. The quantitative estimate of drug-likeness (QED) is 0.754. The molecule has 5 nitrogen and oxygen atoms in total. The summed E-state index contributed by atoms with van der Waals surface area (Å²) in [5.41, 5.74) is 5.91. The number of carbonyl (C=O) groups excluding carboxylic acids is 2. The van der Waals surface area contributed by atoms with Gasteiger partial charge in [0, 0.05) is 25.0 Å². The van der Waals surface area contributed by atoms with Crippen molar-refractivity contribution in [3.05, 3.63) is 0 Å². The monoisotopic (exact) mass is 311 g/mol. The van der Waals surface area contributed by atoms with Crippen molar-refractivity contribution in [3.63, 3.8) is 0 Å². The van der Waals surface area contributed by atoms with Gasteiger partial charge in [0.05, 0.1) is 6.04 Å². The Bertz CT molecular complexity index is 359. The van der Waals surface area contributed by atoms with E-state index < -0.39 is 6.04 Å². The predicted octanol–water partition coefficient (Wildman–Crippen LogP) is 1.90. The summed E-state index contributed by atoms with van der Waals surface area (Å²) < 4.78 is 0. The van der Waals surface area contributed by atoms with Crippen LogP contribution in [0.1, 0.15) is 59.8 Å². The van der Waals surface area contributed by atoms with Gasteiger partial charge in [-0.1, -0.05) is 27.7 Å². The van der Waals surface area contributed by atoms with Gasteiger partial charge < -0.3 is 16.0 Å². The van der Waals surface area contributed by atoms with Crippen LogP contribution < -0.4 is 11.1 Å². The van der Waals surface area contributed by atoms with Crippen LogP contribution in [0, 0.1) is 11.8 Å². The number of piperidine rings is 1. The molecular weight excluding hydrogens is 278 g/mol. The molecule has 1 rings (SSSR count). The minimum atomic E-state index is -0.427. The number of nitrogens with one attached hydrogen (secondary N) is 1. The van der Waals surface area contributed by atoms with Crippen molar-refractivity contribution < 1.29 is 9.59 Å². The van der Waals surface area contributed by atoms with E-state index in [-0.39, 0.29) is 23.8 Å². The summed E-state index contributed by atoms with van der Waals surface area (Å²) in [6, 6.07) is -0.277. The fourth-order valence-corrected chi connectivity index (χ4v) is 3.06. The number of rotatable bonds is 7. The van der Waals surface area contributed by atoms with Crippen LogP contribution >= 0.6 is 0 Å². The highest BCUT2D eigenvalue weighted by Gasteiger charge is 2.28. The highest BCUT2D eigenvalue weighted by atomic mass is 16.2. The number of nitrogens with zero attached hydrogens (tertiary/aromatic N) is 1. The molecular formula is C17H33N3O2. The van der Waals surface area contributed by atoms with Crippen LogP contribution in [0.4, 0.5) is 0 Å². The van der Waals surface area contributed by atoms with Crippen molar-refractivity contribution in [2.45, 2.75) is 71.9 Å². The second-order valence-corrected chi connectivity index (χ2v) is 6.86. The normalized spacial score (nSPS) is 17.9. The summed E-state index contributed by atoms with van der Waals surface area (Å²) in [4.78, 5) is 26.3. The molecule has 0 aromatic heterocycles. The predicted molar refractivity (Wildman–Crippen MR) is 89.2 cm³/mol. The molecule has 0 aromatic carbocycles. The molecule has 128 valence electrons. The maximum Gasteiger partial charge on any atom is 0.237 e. The molecule has 1 saturated heterocycles. The summed E-state index contributed by atoms with van der Waals surface area (Å²) in [6.07, 6.45) is 4.15. The molecule has 0 aliphatic carbocycles. The molecule has 0 radical (unpaired) electrons. The van der Waals surface area contributed by atoms with Gasteiger partial charge in [0.15, 0.2) is 0 Å². The lowest BCUT2D eigenvalue weighted by atomic mass is 9.98. The number of carbonyl (C=O) groups is 2. The zero-order chi connectivity index (χ0) is 16.7. The molecule has 1 atom stereocenters. The summed E-state index contributed by atoms with van der Waals surface area (Å²) in [6.45, 7) is 9.73. The van der Waals surface area contributed by atoms with Crippen molar-refractivity contribution in [3.8, 4) is 0 Å². The molecule has 22 heavy (non-hydrogen) atoms. The molecule has 0 aromatic rings. The first kappa shape index (κ1) is 18.9. The third kappa shape index (κ3) is 5.59. The number of hydrogen-bond donors (Lipinski definition) is 2. The van der Waals surface area contributed by atoms with E-state index >= 15 is 0 Å². The smallest absolute Gasteiger partial charge is 0.237 e. The van der Waals surface area contributed by atoms with Gasteiger partial charge in [-0.05, 0) is 38.0 Å². The topological polar surface area (TPSA) is 75.4 Å². The highest BCUT2D eigenvalue weighted by molar-refractivity contribution is 5.82. The van der Waals surface area contributed by atoms with Crippen molar-refractivity contribution in [2.24, 2.45) is 17.6 Å². The number of nitrogens with two attached hydrogens (primary N) is 1. The van der Waals surface area contributed by atoms with Crippen LogP contribution in [0.15, 0.2) is 0 Å². The molecule has 1 aliphatic heterocycles. The molecule has 0 spiro atoms. The van der Waals surface area contributed by atoms with Crippen LogP contribution in [-0.2, 0) is 9.59 Å². The Hall–Kier alpha value is -1.10. The SMILES string of the molecule is CCC(CC)C(=O)N1CCC(NC(=O)[C@@H](N)CC(C)C)CC1. The molecule has 1 fully saturated rings. The zero-order valence-corrected chi connectivity index (χ0v) is 14.6. The van der Waals surface area contributed by atoms with Crippen LogP contribution in [0.2, 0.25) is 0 Å². The van der Waals surface area contributed by atoms with Crippen molar-refractivity contribution >= 4 is 11.8 Å². The maximum atomic E-state index is 12.3. The molecule has 1 aliphatic rings. The summed E-state index contributed by atoms with van der Waals surface area (Å²) in [5, 5.41) is 3.04. The van der Waals surface area contributed by atoms with Crippen molar-refractivity contribution in [2.75, 3.05) is 13.1 Å². The molecule has 0 bridgehead atoms. The molecule has 0 saturated carbocycles. The van der Waals surface area contributed by atoms with E-state index in [0.717, 1.165) is 38.8 Å². The van der Waals surface area contributed by atoms with E-state index in [4.69, 9.17) is 5.73 Å². The molecule has 3 N–H and O–H groups in total. The first-order valence-corrected chi connectivity index (χ1v) is 8.73. The fourth-order valence-electron chi connectivity index (χ4n) is 3.06. The van der Waals surface area contributed by atoms with E-state index in [1.807, 2.05) is 4.90 Å². The maximum absolute atomic E-state index is 12.3. The van der Waals surface area contributed by atoms with Crippen molar-refractivity contribution in [1.82, 2.24) is 10.2 Å². The standard InChI is InChI=1S/C17H33N3O2/c1-5-13(6-2)17(22)20-9-7-14(8-10-20)19-16(21)15(18)11-12(3)4/h12-15H,5-11,18H2,1-4H3,(H,19,21)/t15-/m0/s1. The average Bonchev–Trinajstić information content (AvgIpc) is 2.48. The molecule has 1 heterocycles. The molecule has 2 amide bonds. The van der Waals surface area contributed by atoms with Crippen molar-refractivity contribution in [1.29, 1.82) is 0 Å². The summed E-state index contributed by atoms with van der Waals surface area (Å²) in [7, 11) is 0. The minimum absolute atomic E-state index is 0.0570. The number of likely N-dealkylation sites (tertiary alicyclic amines) is 1. The Morgan fingerprint density at radius 2 is 1.73 bits per heavy atom. The third-order valence-corrected chi connectivity index (χ3v) is 4.55. The van der Waals surface area contributed by atoms with Gasteiger partial charge in [-0.15, -0.1) is 0 Å². The van der Waals surface area contributed by atoms with Crippen LogP contribution in [0.5, 0.6) is 0 Å². The van der Waals surface area contributed by atoms with E-state index in [0.29, 0.717) is 12.3 Å². The summed E-state index contributed by atoms with van der Waals surface area (Å²) >= 11 is 0. The van der Waals surface area contributed by atoms with Gasteiger partial charge in [0.1, 0.15) is 0 Å². The van der Waals surface area contributed by atoms with Gasteiger partial charge in [-0.2, -0.15) is 0 Å². The first-order valence-electron chi connectivity index (χ1n) is 8.73. The van der Waals surface area contributed by atoms with Gasteiger partial charge in [0.25, 0.3) is 0 Å². The second-order valence-electron chi connectivity index (χ2n) is 6.86. The van der Waals surface area contributed by atoms with E-state index in [1.165, 1.54) is 0 Å². The van der Waals surface area contributed by atoms with E-state index in [9.17, 15) is 9.59 Å². The average molecular weight is 311 g/mol. The number of hydrogen-bond acceptors (Lipinski definition) is 3. The van der Waals surface area contributed by atoms with Crippen LogP contribution in [0.25, 0.3) is 0 Å². The lowest BCUT2D eigenvalue weighted by Gasteiger charge is -2.34. The second kappa shape index (κ2) is 9.13. The minimum Gasteiger partial charge on any atom is -0.352 e. The van der Waals surface area contributed by atoms with E-state index in [1.54, 1.807) is 0 Å². The zero-order valence-electron chi connectivity index (χ0n) is 14.6. The van der Waals surface area contributed by atoms with Crippen LogP contribution in [-0.4, -0.2) is 41.9 Å². The Kier molecular flexibility index (Phi) is 7.87. The lowest BCUT2D eigenvalue weighted by Crippen LogP contribution is -2.51. The lowest BCUT2D eigenvalue weighted by molar-refractivity contribution is -0.137. The number of amides is 2. The van der Waals surface area contributed by atoms with Gasteiger partial charge in [-0.3, -0.25) is 9.59 Å². The Morgan fingerprint density at radius 3 is 2.18 bits per heavy atom. The van der Waals surface area contributed by atoms with Gasteiger partial charge in [0.2, 0.25) is 11.8 Å². The van der Waals surface area contributed by atoms with Gasteiger partial charge in [-0.25, -0.2) is 0 Å². The highest BCUT2D eigenvalue weighted by Crippen LogP contribution is 2.17. The largest absolute Gasteiger partial charge is 0.352 e. The Labute approximate surface area is 135 Å². The molecule has 5 heteroatoms. The fraction of sp³-hybridized carbons (Fsp3) is 0.882. The summed E-state index contributed by atoms with van der Waals surface area (Å²) in [5.74, 6) is 0.774.